The fraction of sp³-hybridized carbons (Fsp3) is 0.759. The maximum absolute atomic E-state index is 14.3. The number of ether oxygens (including phenoxy) is 2. The Labute approximate surface area is 222 Å². The Morgan fingerprint density at radius 1 is 1.24 bits per heavy atom. The number of rotatable bonds is 16. The Bertz CT molecular complexity index is 861. The predicted octanol–water partition coefficient (Wildman–Crippen LogP) is 3.63. The predicted molar refractivity (Wildman–Crippen MR) is 142 cm³/mol. The van der Waals surface area contributed by atoms with Gasteiger partial charge in [-0.2, -0.15) is 0 Å². The molecule has 8 heteroatoms. The number of hydrogen-bond acceptors (Lipinski definition) is 6. The molecule has 3 heterocycles. The Hall–Kier alpha value is -2.19. The number of aliphatic hydroxyl groups is 1. The lowest BCUT2D eigenvalue weighted by Crippen LogP contribution is -2.58. The number of nitrogens with zero attached hydrogens (tertiary/aromatic N) is 2. The third kappa shape index (κ3) is 5.51. The summed E-state index contributed by atoms with van der Waals surface area (Å²) in [6, 6.07) is -0.795. The number of esters is 1. The van der Waals surface area contributed by atoms with Gasteiger partial charge in [0.25, 0.3) is 0 Å². The fourth-order valence-corrected chi connectivity index (χ4v) is 6.74. The Balaban J connectivity index is 1.97. The first-order valence-corrected chi connectivity index (χ1v) is 14.0. The van der Waals surface area contributed by atoms with Crippen molar-refractivity contribution in [3.05, 3.63) is 25.3 Å². The minimum absolute atomic E-state index is 0.0127. The van der Waals surface area contributed by atoms with Crippen LogP contribution in [0.4, 0.5) is 0 Å². The number of hydrogen-bond donors (Lipinski definition) is 1. The third-order valence-corrected chi connectivity index (χ3v) is 8.49. The minimum atomic E-state index is -1.04. The molecule has 1 spiro atoms. The third-order valence-electron chi connectivity index (χ3n) is 8.49. The van der Waals surface area contributed by atoms with E-state index in [0.717, 1.165) is 32.1 Å². The van der Waals surface area contributed by atoms with Crippen molar-refractivity contribution in [3.8, 4) is 0 Å². The molecule has 8 nitrogen and oxygen atoms in total. The van der Waals surface area contributed by atoms with Crippen molar-refractivity contribution in [2.75, 3.05) is 26.3 Å². The molecule has 2 amide bonds. The second-order valence-corrected chi connectivity index (χ2v) is 11.1. The quantitative estimate of drug-likeness (QED) is 0.190. The molecule has 37 heavy (non-hydrogen) atoms. The van der Waals surface area contributed by atoms with Crippen molar-refractivity contribution in [2.24, 2.45) is 11.8 Å². The van der Waals surface area contributed by atoms with Crippen molar-refractivity contribution < 1.29 is 29.0 Å². The summed E-state index contributed by atoms with van der Waals surface area (Å²) >= 11 is 0. The number of fused-ring (bicyclic) bond motifs is 1. The summed E-state index contributed by atoms with van der Waals surface area (Å²) < 4.78 is 12.2. The van der Waals surface area contributed by atoms with E-state index in [1.165, 1.54) is 0 Å². The first-order valence-electron chi connectivity index (χ1n) is 14.0. The van der Waals surface area contributed by atoms with Crippen LogP contribution in [-0.4, -0.2) is 82.3 Å². The Morgan fingerprint density at radius 3 is 2.62 bits per heavy atom. The summed E-state index contributed by atoms with van der Waals surface area (Å²) in [4.78, 5) is 45.2. The van der Waals surface area contributed by atoms with Crippen LogP contribution in [0.25, 0.3) is 0 Å². The normalized spacial score (nSPS) is 30.8. The summed E-state index contributed by atoms with van der Waals surface area (Å²) in [7, 11) is 0. The van der Waals surface area contributed by atoms with Gasteiger partial charge in [0, 0.05) is 25.7 Å². The van der Waals surface area contributed by atoms with Gasteiger partial charge < -0.3 is 24.4 Å². The zero-order valence-corrected chi connectivity index (χ0v) is 23.0. The van der Waals surface area contributed by atoms with Crippen LogP contribution in [0.5, 0.6) is 0 Å². The van der Waals surface area contributed by atoms with Crippen LogP contribution in [0, 0.1) is 11.8 Å². The van der Waals surface area contributed by atoms with Crippen LogP contribution in [0.3, 0.4) is 0 Å². The molecule has 0 radical (unpaired) electrons. The van der Waals surface area contributed by atoms with E-state index < -0.39 is 35.0 Å². The van der Waals surface area contributed by atoms with Crippen molar-refractivity contribution in [2.45, 2.75) is 102 Å². The summed E-state index contributed by atoms with van der Waals surface area (Å²) in [5.41, 5.74) is -1.88. The van der Waals surface area contributed by atoms with E-state index in [4.69, 9.17) is 14.6 Å². The molecular formula is C29H46N2O6. The molecule has 3 saturated heterocycles. The lowest BCUT2D eigenvalue weighted by molar-refractivity contribution is -0.160. The topological polar surface area (TPSA) is 96.4 Å². The lowest BCUT2D eigenvalue weighted by atomic mass is 9.66. The molecule has 0 saturated carbocycles. The Kier molecular flexibility index (Phi) is 9.98. The molecule has 0 aromatic heterocycles. The number of aliphatic hydroxyl groups excluding tert-OH is 1. The second-order valence-electron chi connectivity index (χ2n) is 11.1. The molecule has 3 unspecified atom stereocenters. The van der Waals surface area contributed by atoms with Crippen LogP contribution in [-0.2, 0) is 23.9 Å². The first-order chi connectivity index (χ1) is 17.7. The Morgan fingerprint density at radius 2 is 1.97 bits per heavy atom. The van der Waals surface area contributed by atoms with E-state index in [9.17, 15) is 14.4 Å². The van der Waals surface area contributed by atoms with Crippen LogP contribution in [0.1, 0.15) is 78.6 Å². The molecule has 0 aliphatic carbocycles. The maximum atomic E-state index is 14.3. The van der Waals surface area contributed by atoms with Gasteiger partial charge in [-0.05, 0) is 52.4 Å². The van der Waals surface area contributed by atoms with Crippen LogP contribution in [0.15, 0.2) is 25.3 Å². The molecule has 1 N–H and O–H groups in total. The summed E-state index contributed by atoms with van der Waals surface area (Å²) in [6.07, 6.45) is 10.0. The average Bonchev–Trinajstić information content (AvgIpc) is 3.43. The fourth-order valence-electron chi connectivity index (χ4n) is 6.74. The first kappa shape index (κ1) is 29.4. The molecule has 3 fully saturated rings. The molecule has 6 atom stereocenters. The molecule has 3 aliphatic heterocycles. The van der Waals surface area contributed by atoms with Crippen LogP contribution < -0.4 is 0 Å². The smallest absolute Gasteiger partial charge is 0.312 e. The number of amides is 2. The molecule has 0 aromatic rings. The summed E-state index contributed by atoms with van der Waals surface area (Å²) in [5, 5.41) is 9.11. The maximum Gasteiger partial charge on any atom is 0.312 e. The summed E-state index contributed by atoms with van der Waals surface area (Å²) in [5.74, 6) is -2.22. The molecule has 3 aliphatic rings. The minimum Gasteiger partial charge on any atom is -0.465 e. The van der Waals surface area contributed by atoms with E-state index in [1.807, 2.05) is 18.7 Å². The van der Waals surface area contributed by atoms with Gasteiger partial charge in [-0.1, -0.05) is 38.3 Å². The molecule has 3 rings (SSSR count). The van der Waals surface area contributed by atoms with Crippen molar-refractivity contribution in [1.29, 1.82) is 0 Å². The highest BCUT2D eigenvalue weighted by atomic mass is 16.6. The van der Waals surface area contributed by atoms with Crippen molar-refractivity contribution in [3.63, 3.8) is 0 Å². The molecule has 208 valence electrons. The van der Waals surface area contributed by atoms with Crippen LogP contribution in [0.2, 0.25) is 0 Å². The highest BCUT2D eigenvalue weighted by Gasteiger charge is 2.78. The highest BCUT2D eigenvalue weighted by molar-refractivity contribution is 5.98. The monoisotopic (exact) mass is 518 g/mol. The van der Waals surface area contributed by atoms with Gasteiger partial charge in [0.1, 0.15) is 17.6 Å². The molecule has 0 aromatic carbocycles. The van der Waals surface area contributed by atoms with E-state index in [-0.39, 0.29) is 31.1 Å². The van der Waals surface area contributed by atoms with Gasteiger partial charge in [0.15, 0.2) is 0 Å². The molecular weight excluding hydrogens is 472 g/mol. The SMILES string of the molecule is C=CCCOC(=O)[C@H]1[C@H]2C(=O)N(CCCCCCO)C(C(=O)N(CC=C)C(C)CCC)C23CC[C@]1(C)O3. The summed E-state index contributed by atoms with van der Waals surface area (Å²) in [6.45, 7) is 14.7. The van der Waals surface area contributed by atoms with Gasteiger partial charge in [-0.25, -0.2) is 0 Å². The van der Waals surface area contributed by atoms with Crippen molar-refractivity contribution >= 4 is 17.8 Å². The zero-order valence-electron chi connectivity index (χ0n) is 23.0. The van der Waals surface area contributed by atoms with E-state index in [1.54, 1.807) is 17.1 Å². The standard InChI is InChI=1S/C29H46N2O6/c1-6-9-20-36-27(35)23-22-25(33)31(18-12-10-11-13-19-32)24(29(22)16-15-28(23,5)37-29)26(34)30(17-8-3)21(4)14-7-2/h6,8,21-24,32H,1,3,7,9-20H2,2,4-5H3/t21?,22-,23+,24?,28-,29?/m0/s1. The van der Waals surface area contributed by atoms with E-state index >= 15 is 0 Å². The van der Waals surface area contributed by atoms with Gasteiger partial charge in [-0.3, -0.25) is 14.4 Å². The van der Waals surface area contributed by atoms with Crippen molar-refractivity contribution in [1.82, 2.24) is 9.80 Å². The average molecular weight is 519 g/mol. The number of unbranched alkanes of at least 4 members (excludes halogenated alkanes) is 3. The lowest BCUT2D eigenvalue weighted by Gasteiger charge is -2.39. The van der Waals surface area contributed by atoms with E-state index in [0.29, 0.717) is 38.8 Å². The number of likely N-dealkylation sites (tertiary alicyclic amines) is 1. The molecule has 2 bridgehead atoms. The van der Waals surface area contributed by atoms with Gasteiger partial charge in [0.05, 0.1) is 18.1 Å². The number of carbonyl (C=O) groups excluding carboxylic acids is 3. The van der Waals surface area contributed by atoms with E-state index in [2.05, 4.69) is 20.1 Å². The van der Waals surface area contributed by atoms with Crippen LogP contribution >= 0.6 is 0 Å². The largest absolute Gasteiger partial charge is 0.465 e. The zero-order chi connectivity index (χ0) is 27.2. The number of carbonyl (C=O) groups is 3. The highest BCUT2D eigenvalue weighted by Crippen LogP contribution is 2.63. The van der Waals surface area contributed by atoms with Gasteiger partial charge in [0.2, 0.25) is 11.8 Å². The van der Waals surface area contributed by atoms with Gasteiger partial charge in [-0.15, -0.1) is 13.2 Å². The second kappa shape index (κ2) is 12.6. The van der Waals surface area contributed by atoms with Gasteiger partial charge >= 0.3 is 5.97 Å².